The van der Waals surface area contributed by atoms with Gasteiger partial charge >= 0.3 is 0 Å². The second kappa shape index (κ2) is 8.97. The standard InChI is InChI=1S/C25H27FN2O2S/c26-18-9-6-8-17(16-18)23(28-13-4-1-5-14-28)22-19-10-2-3-12-21(19)31-25(22)27-24(29)20-11-7-15-30-20/h6-9,11,15-16,23H,1-5,10,12-14H2,(H,27,29)/t23-/m1/s1. The van der Waals surface area contributed by atoms with Crippen LogP contribution in [-0.2, 0) is 12.8 Å². The number of likely N-dealkylation sites (tertiary alicyclic amines) is 1. The molecule has 162 valence electrons. The Labute approximate surface area is 186 Å². The number of fused-ring (bicyclic) bond motifs is 1. The summed E-state index contributed by atoms with van der Waals surface area (Å²) in [6.45, 7) is 1.97. The van der Waals surface area contributed by atoms with Gasteiger partial charge in [0.25, 0.3) is 5.91 Å². The number of carbonyl (C=O) groups is 1. The molecule has 0 saturated carbocycles. The number of piperidine rings is 1. The molecule has 31 heavy (non-hydrogen) atoms. The molecular weight excluding hydrogens is 411 g/mol. The van der Waals surface area contributed by atoms with Crippen molar-refractivity contribution in [1.29, 1.82) is 0 Å². The van der Waals surface area contributed by atoms with Gasteiger partial charge in [0.15, 0.2) is 5.76 Å². The van der Waals surface area contributed by atoms with E-state index in [9.17, 15) is 9.18 Å². The van der Waals surface area contributed by atoms with Crippen LogP contribution in [0.5, 0.6) is 0 Å². The zero-order valence-electron chi connectivity index (χ0n) is 17.5. The zero-order chi connectivity index (χ0) is 21.2. The van der Waals surface area contributed by atoms with Crippen molar-refractivity contribution in [3.63, 3.8) is 0 Å². The van der Waals surface area contributed by atoms with Gasteiger partial charge in [0.2, 0.25) is 0 Å². The summed E-state index contributed by atoms with van der Waals surface area (Å²) in [6.07, 6.45) is 9.41. The van der Waals surface area contributed by atoms with Gasteiger partial charge in [-0.3, -0.25) is 9.69 Å². The number of nitrogens with zero attached hydrogens (tertiary/aromatic N) is 1. The van der Waals surface area contributed by atoms with E-state index in [4.69, 9.17) is 4.42 Å². The average molecular weight is 439 g/mol. The molecule has 1 amide bonds. The predicted molar refractivity (Wildman–Crippen MR) is 121 cm³/mol. The maximum Gasteiger partial charge on any atom is 0.291 e. The SMILES string of the molecule is O=C(Nc1sc2c(c1[C@@H](c1cccc(F)c1)N1CCCCC1)CCCC2)c1ccco1. The molecule has 2 aliphatic rings. The van der Waals surface area contributed by atoms with Crippen LogP contribution in [0.4, 0.5) is 9.39 Å². The van der Waals surface area contributed by atoms with Gasteiger partial charge in [0, 0.05) is 10.4 Å². The molecule has 1 N–H and O–H groups in total. The molecule has 3 heterocycles. The number of nitrogens with one attached hydrogen (secondary N) is 1. The normalized spacial score (nSPS) is 17.8. The van der Waals surface area contributed by atoms with Gasteiger partial charge in [-0.25, -0.2) is 4.39 Å². The van der Waals surface area contributed by atoms with Crippen molar-refractivity contribution in [1.82, 2.24) is 4.90 Å². The summed E-state index contributed by atoms with van der Waals surface area (Å²) in [5.74, 6) is -0.149. The number of carbonyl (C=O) groups excluding carboxylic acids is 1. The molecule has 1 aromatic carbocycles. The third-order valence-corrected chi connectivity index (χ3v) is 7.60. The first-order chi connectivity index (χ1) is 15.2. The Morgan fingerprint density at radius 3 is 2.68 bits per heavy atom. The van der Waals surface area contributed by atoms with E-state index in [0.717, 1.165) is 61.3 Å². The molecule has 0 spiro atoms. The number of amides is 1. The molecule has 0 unspecified atom stereocenters. The van der Waals surface area contributed by atoms with Crippen molar-refractivity contribution < 1.29 is 13.6 Å². The van der Waals surface area contributed by atoms with Gasteiger partial charge < -0.3 is 9.73 Å². The quantitative estimate of drug-likeness (QED) is 0.517. The molecule has 2 aromatic heterocycles. The summed E-state index contributed by atoms with van der Waals surface area (Å²) in [4.78, 5) is 16.7. The lowest BCUT2D eigenvalue weighted by Crippen LogP contribution is -2.35. The molecular formula is C25H27FN2O2S. The topological polar surface area (TPSA) is 45.5 Å². The van der Waals surface area contributed by atoms with Crippen LogP contribution in [0.3, 0.4) is 0 Å². The van der Waals surface area contributed by atoms with E-state index >= 15 is 0 Å². The van der Waals surface area contributed by atoms with Crippen molar-refractivity contribution in [2.75, 3.05) is 18.4 Å². The van der Waals surface area contributed by atoms with Crippen LogP contribution in [0.25, 0.3) is 0 Å². The maximum absolute atomic E-state index is 14.3. The molecule has 3 aromatic rings. The monoisotopic (exact) mass is 438 g/mol. The third kappa shape index (κ3) is 4.19. The van der Waals surface area contributed by atoms with E-state index in [1.54, 1.807) is 35.6 Å². The molecule has 1 fully saturated rings. The van der Waals surface area contributed by atoms with Gasteiger partial charge in [-0.1, -0.05) is 18.6 Å². The lowest BCUT2D eigenvalue weighted by molar-refractivity contribution is 0.0996. The van der Waals surface area contributed by atoms with Crippen LogP contribution in [0.15, 0.2) is 47.1 Å². The Balaban J connectivity index is 1.62. The number of rotatable bonds is 5. The summed E-state index contributed by atoms with van der Waals surface area (Å²) in [6, 6.07) is 10.3. The highest BCUT2D eigenvalue weighted by Gasteiger charge is 2.33. The number of aryl methyl sites for hydroxylation is 1. The largest absolute Gasteiger partial charge is 0.459 e. The van der Waals surface area contributed by atoms with Gasteiger partial charge in [0.1, 0.15) is 10.8 Å². The number of halogens is 1. The number of thiophene rings is 1. The highest BCUT2D eigenvalue weighted by molar-refractivity contribution is 7.16. The second-order valence-electron chi connectivity index (χ2n) is 8.44. The Morgan fingerprint density at radius 1 is 1.06 bits per heavy atom. The second-order valence-corrected chi connectivity index (χ2v) is 9.54. The first-order valence-corrected chi connectivity index (χ1v) is 12.0. The summed E-state index contributed by atoms with van der Waals surface area (Å²) in [5.41, 5.74) is 3.47. The predicted octanol–water partition coefficient (Wildman–Crippen LogP) is 6.19. The molecule has 1 aliphatic carbocycles. The van der Waals surface area contributed by atoms with Crippen LogP contribution in [0.1, 0.15) is 70.3 Å². The molecule has 1 saturated heterocycles. The van der Waals surface area contributed by atoms with Crippen molar-refractivity contribution >= 4 is 22.2 Å². The van der Waals surface area contributed by atoms with Crippen LogP contribution in [-0.4, -0.2) is 23.9 Å². The van der Waals surface area contributed by atoms with Crippen molar-refractivity contribution in [2.24, 2.45) is 0 Å². The van der Waals surface area contributed by atoms with Crippen LogP contribution >= 0.6 is 11.3 Å². The Bertz CT molecular complexity index is 1050. The first-order valence-electron chi connectivity index (χ1n) is 11.2. The van der Waals surface area contributed by atoms with E-state index in [-0.39, 0.29) is 17.8 Å². The Kier molecular flexibility index (Phi) is 5.92. The van der Waals surface area contributed by atoms with Gasteiger partial charge in [-0.05, 0) is 87.0 Å². The van der Waals surface area contributed by atoms with Gasteiger partial charge in [0.05, 0.1) is 12.3 Å². The summed E-state index contributed by atoms with van der Waals surface area (Å²) in [7, 11) is 0. The third-order valence-electron chi connectivity index (χ3n) is 6.38. The van der Waals surface area contributed by atoms with Gasteiger partial charge in [-0.15, -0.1) is 11.3 Å². The minimum Gasteiger partial charge on any atom is -0.459 e. The number of furan rings is 1. The summed E-state index contributed by atoms with van der Waals surface area (Å²) in [5, 5.41) is 4.02. The van der Waals surface area contributed by atoms with E-state index in [0.29, 0.717) is 5.76 Å². The van der Waals surface area contributed by atoms with E-state index in [1.165, 1.54) is 35.6 Å². The Hall–Kier alpha value is -2.44. The maximum atomic E-state index is 14.3. The smallest absolute Gasteiger partial charge is 0.291 e. The average Bonchev–Trinajstić information content (AvgIpc) is 3.44. The number of benzene rings is 1. The fraction of sp³-hybridized carbons (Fsp3) is 0.400. The first kappa shape index (κ1) is 20.5. The van der Waals surface area contributed by atoms with E-state index < -0.39 is 0 Å². The number of anilines is 1. The minimum atomic E-state index is -0.235. The molecule has 0 radical (unpaired) electrons. The zero-order valence-corrected chi connectivity index (χ0v) is 18.3. The summed E-state index contributed by atoms with van der Waals surface area (Å²) >= 11 is 1.68. The lowest BCUT2D eigenvalue weighted by atomic mass is 9.88. The number of hydrogen-bond acceptors (Lipinski definition) is 4. The minimum absolute atomic E-state index is 0.0546. The number of hydrogen-bond donors (Lipinski definition) is 1. The summed E-state index contributed by atoms with van der Waals surface area (Å²) < 4.78 is 19.6. The van der Waals surface area contributed by atoms with Crippen molar-refractivity contribution in [2.45, 2.75) is 51.0 Å². The highest BCUT2D eigenvalue weighted by Crippen LogP contribution is 2.46. The molecule has 5 rings (SSSR count). The van der Waals surface area contributed by atoms with E-state index in [2.05, 4.69) is 10.2 Å². The fourth-order valence-electron chi connectivity index (χ4n) is 4.96. The molecule has 6 heteroatoms. The van der Waals surface area contributed by atoms with Crippen LogP contribution in [0.2, 0.25) is 0 Å². The highest BCUT2D eigenvalue weighted by atomic mass is 32.1. The van der Waals surface area contributed by atoms with Crippen LogP contribution in [0, 0.1) is 5.82 Å². The molecule has 4 nitrogen and oxygen atoms in total. The van der Waals surface area contributed by atoms with Crippen molar-refractivity contribution in [3.8, 4) is 0 Å². The molecule has 1 aliphatic heterocycles. The fourth-order valence-corrected chi connectivity index (χ4v) is 6.27. The Morgan fingerprint density at radius 2 is 1.90 bits per heavy atom. The van der Waals surface area contributed by atoms with Gasteiger partial charge in [-0.2, -0.15) is 0 Å². The van der Waals surface area contributed by atoms with E-state index in [1.807, 2.05) is 6.07 Å². The molecule has 0 bridgehead atoms. The van der Waals surface area contributed by atoms with Crippen LogP contribution < -0.4 is 5.32 Å². The lowest BCUT2D eigenvalue weighted by Gasteiger charge is -2.36. The van der Waals surface area contributed by atoms with Crippen molar-refractivity contribution in [3.05, 3.63) is 75.8 Å². The molecule has 1 atom stereocenters.